The van der Waals surface area contributed by atoms with Crippen molar-refractivity contribution in [2.75, 3.05) is 12.8 Å². The number of hydrogen-bond acceptors (Lipinski definition) is 9. The van der Waals surface area contributed by atoms with Gasteiger partial charge in [0, 0.05) is 18.3 Å². The molecule has 12 nitrogen and oxygen atoms in total. The van der Waals surface area contributed by atoms with Crippen LogP contribution in [-0.2, 0) is 11.3 Å². The van der Waals surface area contributed by atoms with Gasteiger partial charge in [0.05, 0.1) is 17.6 Å². The molecule has 3 aromatic rings. The molecular formula is C16H15N7O5. The number of nitrogens with one attached hydrogen (secondary N) is 1. The normalized spacial score (nSPS) is 10.9. The molecule has 2 heterocycles. The van der Waals surface area contributed by atoms with Crippen molar-refractivity contribution in [1.82, 2.24) is 25.5 Å². The summed E-state index contributed by atoms with van der Waals surface area (Å²) in [6.07, 6.45) is 2.91. The minimum absolute atomic E-state index is 0.0284. The molecule has 0 saturated carbocycles. The molecule has 2 aromatic heterocycles. The fourth-order valence-electron chi connectivity index (χ4n) is 2.31. The van der Waals surface area contributed by atoms with Crippen LogP contribution < -0.4 is 15.8 Å². The SMILES string of the molecule is COc1ccc([N+](=O)[O-])cc1-c1ccc(/C=C/NC(=O)Cn2nnnc2N)o1. The van der Waals surface area contributed by atoms with E-state index >= 15 is 0 Å². The number of hydrogen-bond donors (Lipinski definition) is 2. The number of methoxy groups -OCH3 is 1. The van der Waals surface area contributed by atoms with E-state index in [4.69, 9.17) is 14.9 Å². The van der Waals surface area contributed by atoms with Gasteiger partial charge >= 0.3 is 0 Å². The van der Waals surface area contributed by atoms with Crippen LogP contribution in [-0.4, -0.2) is 38.1 Å². The molecule has 0 saturated heterocycles. The standard InChI is InChI=1S/C16H15N7O5/c1-27-13-4-2-10(23(25)26)8-12(13)14-5-3-11(28-14)6-7-18-15(24)9-22-16(17)19-20-21-22/h2-8H,9H2,1H3,(H,18,24)(H2,17,19,21)/b7-6+. The van der Waals surface area contributed by atoms with Crippen molar-refractivity contribution in [2.24, 2.45) is 0 Å². The van der Waals surface area contributed by atoms with Gasteiger partial charge in [-0.3, -0.25) is 14.9 Å². The zero-order valence-corrected chi connectivity index (χ0v) is 14.6. The molecule has 0 spiro atoms. The summed E-state index contributed by atoms with van der Waals surface area (Å²) < 4.78 is 12.0. The summed E-state index contributed by atoms with van der Waals surface area (Å²) in [6, 6.07) is 7.50. The van der Waals surface area contributed by atoms with Crippen LogP contribution in [0.2, 0.25) is 0 Å². The van der Waals surface area contributed by atoms with E-state index in [2.05, 4.69) is 20.8 Å². The molecular weight excluding hydrogens is 370 g/mol. The highest BCUT2D eigenvalue weighted by Gasteiger charge is 2.15. The van der Waals surface area contributed by atoms with Crippen LogP contribution in [0.3, 0.4) is 0 Å². The van der Waals surface area contributed by atoms with Crippen molar-refractivity contribution in [3.63, 3.8) is 0 Å². The molecule has 12 heteroatoms. The lowest BCUT2D eigenvalue weighted by Gasteiger charge is -2.05. The number of carbonyl (C=O) groups is 1. The fraction of sp³-hybridized carbons (Fsp3) is 0.125. The predicted molar refractivity (Wildman–Crippen MR) is 96.8 cm³/mol. The molecule has 0 fully saturated rings. The number of furan rings is 1. The minimum Gasteiger partial charge on any atom is -0.496 e. The number of nitro benzene ring substituents is 1. The molecule has 0 aliphatic rings. The average molecular weight is 385 g/mol. The van der Waals surface area contributed by atoms with E-state index in [0.29, 0.717) is 22.8 Å². The largest absolute Gasteiger partial charge is 0.496 e. The molecule has 3 N–H and O–H groups in total. The van der Waals surface area contributed by atoms with Gasteiger partial charge < -0.3 is 20.2 Å². The Morgan fingerprint density at radius 3 is 2.93 bits per heavy atom. The molecule has 0 aliphatic carbocycles. The number of nitrogen functional groups attached to an aromatic ring is 1. The Morgan fingerprint density at radius 1 is 1.43 bits per heavy atom. The first-order chi connectivity index (χ1) is 13.5. The topological polar surface area (TPSA) is 164 Å². The number of anilines is 1. The number of nitrogens with zero attached hydrogens (tertiary/aromatic N) is 5. The van der Waals surface area contributed by atoms with Gasteiger partial charge in [-0.2, -0.15) is 0 Å². The molecule has 3 rings (SSSR count). The second-order valence-corrected chi connectivity index (χ2v) is 5.44. The number of amides is 1. The van der Waals surface area contributed by atoms with E-state index in [0.717, 1.165) is 4.68 Å². The Hall–Kier alpha value is -4.22. The van der Waals surface area contributed by atoms with Crippen LogP contribution >= 0.6 is 0 Å². The molecule has 0 unspecified atom stereocenters. The summed E-state index contributed by atoms with van der Waals surface area (Å²) in [5.74, 6) is 0.879. The zero-order chi connectivity index (χ0) is 20.1. The second-order valence-electron chi connectivity index (χ2n) is 5.44. The molecule has 1 amide bonds. The van der Waals surface area contributed by atoms with Gasteiger partial charge in [0.15, 0.2) is 0 Å². The monoisotopic (exact) mass is 385 g/mol. The lowest BCUT2D eigenvalue weighted by molar-refractivity contribution is -0.384. The average Bonchev–Trinajstić information content (AvgIpc) is 3.30. The van der Waals surface area contributed by atoms with E-state index < -0.39 is 4.92 Å². The van der Waals surface area contributed by atoms with E-state index in [1.165, 1.54) is 37.6 Å². The lowest BCUT2D eigenvalue weighted by Crippen LogP contribution is -2.24. The third-order valence-corrected chi connectivity index (χ3v) is 3.63. The summed E-state index contributed by atoms with van der Waals surface area (Å²) >= 11 is 0. The number of rotatable bonds is 7. The Labute approximate surface area is 157 Å². The minimum atomic E-state index is -0.500. The predicted octanol–water partition coefficient (Wildman–Crippen LogP) is 1.22. The Balaban J connectivity index is 1.69. The van der Waals surface area contributed by atoms with Crippen LogP contribution in [0.1, 0.15) is 5.76 Å². The highest BCUT2D eigenvalue weighted by molar-refractivity contribution is 5.77. The maximum atomic E-state index is 11.8. The number of nitro groups is 1. The molecule has 1 aromatic carbocycles. The summed E-state index contributed by atoms with van der Waals surface area (Å²) in [5.41, 5.74) is 5.84. The van der Waals surface area contributed by atoms with Crippen molar-refractivity contribution in [3.05, 3.63) is 52.4 Å². The first-order valence-corrected chi connectivity index (χ1v) is 7.88. The third-order valence-electron chi connectivity index (χ3n) is 3.63. The lowest BCUT2D eigenvalue weighted by atomic mass is 10.1. The number of carbonyl (C=O) groups excluding carboxylic acids is 1. The van der Waals surface area contributed by atoms with Gasteiger partial charge in [0.25, 0.3) is 5.69 Å². The molecule has 0 radical (unpaired) electrons. The second kappa shape index (κ2) is 7.99. The summed E-state index contributed by atoms with van der Waals surface area (Å²) in [7, 11) is 1.46. The van der Waals surface area contributed by atoms with E-state index in [9.17, 15) is 14.9 Å². The smallest absolute Gasteiger partial charge is 0.270 e. The van der Waals surface area contributed by atoms with Gasteiger partial charge in [0.2, 0.25) is 11.9 Å². The van der Waals surface area contributed by atoms with Crippen LogP contribution in [0, 0.1) is 10.1 Å². The Morgan fingerprint density at radius 2 is 2.25 bits per heavy atom. The first kappa shape index (κ1) is 18.6. The van der Waals surface area contributed by atoms with Crippen molar-refractivity contribution in [2.45, 2.75) is 6.54 Å². The van der Waals surface area contributed by atoms with Gasteiger partial charge in [-0.15, -0.1) is 0 Å². The van der Waals surface area contributed by atoms with Gasteiger partial charge in [0.1, 0.15) is 23.8 Å². The van der Waals surface area contributed by atoms with Crippen molar-refractivity contribution >= 4 is 23.6 Å². The number of ether oxygens (including phenoxy) is 1. The summed E-state index contributed by atoms with van der Waals surface area (Å²) in [5, 5.41) is 23.9. The highest BCUT2D eigenvalue weighted by Crippen LogP contribution is 2.34. The van der Waals surface area contributed by atoms with Crippen LogP contribution in [0.25, 0.3) is 17.4 Å². The first-order valence-electron chi connectivity index (χ1n) is 7.88. The quantitative estimate of drug-likeness (QED) is 0.449. The number of nitrogens with two attached hydrogens (primary N) is 1. The van der Waals surface area contributed by atoms with Gasteiger partial charge in [-0.05, 0) is 34.7 Å². The summed E-state index contributed by atoms with van der Waals surface area (Å²) in [4.78, 5) is 22.3. The molecule has 0 atom stereocenters. The fourth-order valence-corrected chi connectivity index (χ4v) is 2.31. The van der Waals surface area contributed by atoms with E-state index in [1.54, 1.807) is 12.1 Å². The van der Waals surface area contributed by atoms with E-state index in [1.807, 2.05) is 0 Å². The van der Waals surface area contributed by atoms with Gasteiger partial charge in [-0.25, -0.2) is 4.68 Å². The van der Waals surface area contributed by atoms with Crippen LogP contribution in [0.4, 0.5) is 11.6 Å². The van der Waals surface area contributed by atoms with Crippen LogP contribution in [0.15, 0.2) is 40.9 Å². The van der Waals surface area contributed by atoms with Gasteiger partial charge in [-0.1, -0.05) is 5.10 Å². The maximum Gasteiger partial charge on any atom is 0.270 e. The number of tetrazole rings is 1. The molecule has 28 heavy (non-hydrogen) atoms. The van der Waals surface area contributed by atoms with Crippen molar-refractivity contribution in [3.8, 4) is 17.1 Å². The van der Waals surface area contributed by atoms with Crippen molar-refractivity contribution < 1.29 is 18.9 Å². The Kier molecular flexibility index (Phi) is 5.30. The van der Waals surface area contributed by atoms with Crippen LogP contribution in [0.5, 0.6) is 5.75 Å². The van der Waals surface area contributed by atoms with E-state index in [-0.39, 0.29) is 24.1 Å². The number of non-ortho nitro benzene ring substituents is 1. The maximum absolute atomic E-state index is 11.8. The zero-order valence-electron chi connectivity index (χ0n) is 14.6. The summed E-state index contributed by atoms with van der Waals surface area (Å²) in [6.45, 7) is -0.141. The number of aromatic nitrogens is 4. The molecule has 0 bridgehead atoms. The number of benzene rings is 1. The molecule has 144 valence electrons. The Bertz CT molecular complexity index is 1040. The third kappa shape index (κ3) is 4.12. The highest BCUT2D eigenvalue weighted by atomic mass is 16.6. The molecule has 0 aliphatic heterocycles. The van der Waals surface area contributed by atoms with Crippen molar-refractivity contribution in [1.29, 1.82) is 0 Å².